The first-order chi connectivity index (χ1) is 29.5. The van der Waals surface area contributed by atoms with Crippen molar-refractivity contribution in [1.29, 1.82) is 0 Å². The Labute approximate surface area is 352 Å². The molecule has 10 aromatic carbocycles. The van der Waals surface area contributed by atoms with Crippen LogP contribution in [0.5, 0.6) is 0 Å². The van der Waals surface area contributed by atoms with E-state index in [0.717, 1.165) is 17.1 Å². The molecule has 0 aromatic heterocycles. The predicted octanol–water partition coefficient (Wildman–Crippen LogP) is 16.4. The van der Waals surface area contributed by atoms with E-state index in [9.17, 15) is 0 Å². The normalized spacial score (nSPS) is 12.6. The summed E-state index contributed by atoms with van der Waals surface area (Å²) in [5, 5.41) is 5.14. The van der Waals surface area contributed by atoms with E-state index < -0.39 is 0 Å². The second-order valence-electron chi connectivity index (χ2n) is 16.5. The summed E-state index contributed by atoms with van der Waals surface area (Å²) in [4.78, 5) is 2.44. The Kier molecular flexibility index (Phi) is 8.57. The zero-order chi connectivity index (χ0) is 40.2. The summed E-state index contributed by atoms with van der Waals surface area (Å²) in [5.74, 6) is 0. The maximum atomic E-state index is 2.46. The molecule has 0 atom stereocenters. The first-order valence-electron chi connectivity index (χ1n) is 20.9. The molecule has 1 nitrogen and oxygen atoms in total. The highest BCUT2D eigenvalue weighted by atomic mass is 15.1. The number of fused-ring (bicyclic) bond motifs is 6. The van der Waals surface area contributed by atoms with E-state index in [1.54, 1.807) is 0 Å². The first kappa shape index (κ1) is 35.7. The molecule has 10 aromatic rings. The van der Waals surface area contributed by atoms with Crippen molar-refractivity contribution in [2.24, 2.45) is 0 Å². The molecule has 0 aliphatic heterocycles. The summed E-state index contributed by atoms with van der Waals surface area (Å²) in [7, 11) is 0. The fraction of sp³-hybridized carbons (Fsp3) is 0.0508. The standard InChI is InChI=1S/C59H43N/c1-59(2)56-38-46(55-37-45-19-9-10-20-49(45)51-22-11-12-23-52(51)55)31-35-53(56)54-36-34-48(39-57(54)59)60(58-24-14-13-21-50(58)44-17-7-4-8-18-44)47-32-29-43(30-33-47)42-27-25-41(26-28-42)40-15-5-3-6-16-40/h3-39H,1-2H3. The van der Waals surface area contributed by atoms with Gasteiger partial charge in [-0.2, -0.15) is 0 Å². The second kappa shape index (κ2) is 14.4. The molecule has 0 amide bonds. The van der Waals surface area contributed by atoms with Gasteiger partial charge in [0.05, 0.1) is 5.69 Å². The maximum absolute atomic E-state index is 2.46. The third-order valence-corrected chi connectivity index (χ3v) is 12.7. The van der Waals surface area contributed by atoms with Gasteiger partial charge in [0.2, 0.25) is 0 Å². The van der Waals surface area contributed by atoms with Gasteiger partial charge in [0, 0.05) is 22.4 Å². The van der Waals surface area contributed by atoms with E-state index in [-0.39, 0.29) is 5.41 Å². The molecule has 0 saturated heterocycles. The van der Waals surface area contributed by atoms with Gasteiger partial charge >= 0.3 is 0 Å². The van der Waals surface area contributed by atoms with Gasteiger partial charge in [-0.05, 0) is 125 Å². The minimum atomic E-state index is -0.219. The lowest BCUT2D eigenvalue weighted by atomic mass is 9.81. The summed E-state index contributed by atoms with van der Waals surface area (Å²) in [6.07, 6.45) is 0. The Balaban J connectivity index is 1.01. The fourth-order valence-corrected chi connectivity index (χ4v) is 9.57. The Morgan fingerprint density at radius 1 is 0.300 bits per heavy atom. The van der Waals surface area contributed by atoms with Gasteiger partial charge in [0.1, 0.15) is 0 Å². The van der Waals surface area contributed by atoms with Crippen LogP contribution in [-0.2, 0) is 5.41 Å². The SMILES string of the molecule is CC1(C)c2cc(-c3cc4ccccc4c4ccccc34)ccc2-c2ccc(N(c3ccc(-c4ccc(-c5ccccc5)cc4)cc3)c3ccccc3-c3ccccc3)cc21. The molecule has 1 heteroatoms. The lowest BCUT2D eigenvalue weighted by Gasteiger charge is -2.30. The summed E-state index contributed by atoms with van der Waals surface area (Å²) in [5.41, 5.74) is 18.2. The number of benzene rings is 10. The average molecular weight is 766 g/mol. The molecule has 0 N–H and O–H groups in total. The van der Waals surface area contributed by atoms with Crippen LogP contribution >= 0.6 is 0 Å². The Morgan fingerprint density at radius 3 is 1.48 bits per heavy atom. The summed E-state index contributed by atoms with van der Waals surface area (Å²) >= 11 is 0. The molecule has 0 saturated carbocycles. The molecule has 11 rings (SSSR count). The third-order valence-electron chi connectivity index (χ3n) is 12.7. The molecular formula is C59H43N. The van der Waals surface area contributed by atoms with E-state index >= 15 is 0 Å². The van der Waals surface area contributed by atoms with Crippen LogP contribution in [0, 0.1) is 0 Å². The lowest BCUT2D eigenvalue weighted by Crippen LogP contribution is -2.17. The van der Waals surface area contributed by atoms with Crippen molar-refractivity contribution in [3.8, 4) is 55.6 Å². The zero-order valence-electron chi connectivity index (χ0n) is 33.8. The Hall–Kier alpha value is -7.48. The molecular weight excluding hydrogens is 723 g/mol. The van der Waals surface area contributed by atoms with Crippen LogP contribution in [0.15, 0.2) is 224 Å². The third kappa shape index (κ3) is 6.01. The fourth-order valence-electron chi connectivity index (χ4n) is 9.57. The highest BCUT2D eigenvalue weighted by molar-refractivity contribution is 6.14. The molecule has 0 fully saturated rings. The van der Waals surface area contributed by atoms with Crippen LogP contribution in [0.2, 0.25) is 0 Å². The molecule has 1 aliphatic carbocycles. The first-order valence-corrected chi connectivity index (χ1v) is 20.9. The molecule has 284 valence electrons. The average Bonchev–Trinajstić information content (AvgIpc) is 3.54. The van der Waals surface area contributed by atoms with Crippen molar-refractivity contribution in [2.75, 3.05) is 4.90 Å². The van der Waals surface area contributed by atoms with Crippen LogP contribution in [-0.4, -0.2) is 0 Å². The van der Waals surface area contributed by atoms with Gasteiger partial charge in [-0.3, -0.25) is 0 Å². The smallest absolute Gasteiger partial charge is 0.0540 e. The minimum absolute atomic E-state index is 0.219. The molecule has 0 heterocycles. The molecule has 60 heavy (non-hydrogen) atoms. The van der Waals surface area contributed by atoms with Crippen molar-refractivity contribution < 1.29 is 0 Å². The Bertz CT molecular complexity index is 3200. The van der Waals surface area contributed by atoms with Crippen molar-refractivity contribution in [2.45, 2.75) is 19.3 Å². The quantitative estimate of drug-likeness (QED) is 0.146. The summed E-state index contributed by atoms with van der Waals surface area (Å²) in [6.45, 7) is 4.79. The number of para-hydroxylation sites is 1. The topological polar surface area (TPSA) is 3.24 Å². The van der Waals surface area contributed by atoms with Gasteiger partial charge in [-0.1, -0.05) is 196 Å². The number of nitrogens with zero attached hydrogens (tertiary/aromatic N) is 1. The van der Waals surface area contributed by atoms with Crippen molar-refractivity contribution >= 4 is 38.6 Å². The van der Waals surface area contributed by atoms with Crippen LogP contribution in [0.25, 0.3) is 77.2 Å². The van der Waals surface area contributed by atoms with Crippen LogP contribution in [0.1, 0.15) is 25.0 Å². The van der Waals surface area contributed by atoms with Crippen LogP contribution < -0.4 is 4.90 Å². The van der Waals surface area contributed by atoms with Crippen molar-refractivity contribution in [3.05, 3.63) is 236 Å². The number of hydrogen-bond donors (Lipinski definition) is 0. The number of anilines is 3. The van der Waals surface area contributed by atoms with Gasteiger partial charge in [-0.25, -0.2) is 0 Å². The Morgan fingerprint density at radius 2 is 0.783 bits per heavy atom. The molecule has 0 bridgehead atoms. The van der Waals surface area contributed by atoms with Gasteiger partial charge in [0.25, 0.3) is 0 Å². The largest absolute Gasteiger partial charge is 0.310 e. The van der Waals surface area contributed by atoms with E-state index in [0.29, 0.717) is 0 Å². The predicted molar refractivity (Wildman–Crippen MR) is 255 cm³/mol. The van der Waals surface area contributed by atoms with E-state index in [1.165, 1.54) is 88.3 Å². The maximum Gasteiger partial charge on any atom is 0.0540 e. The van der Waals surface area contributed by atoms with Crippen LogP contribution in [0.4, 0.5) is 17.1 Å². The summed E-state index contributed by atoms with van der Waals surface area (Å²) in [6, 6.07) is 82.3. The van der Waals surface area contributed by atoms with Crippen molar-refractivity contribution in [1.82, 2.24) is 0 Å². The van der Waals surface area contributed by atoms with Gasteiger partial charge in [0.15, 0.2) is 0 Å². The van der Waals surface area contributed by atoms with E-state index in [1.807, 2.05) is 0 Å². The van der Waals surface area contributed by atoms with E-state index in [4.69, 9.17) is 0 Å². The molecule has 0 unspecified atom stereocenters. The number of rotatable bonds is 7. The molecule has 0 spiro atoms. The summed E-state index contributed by atoms with van der Waals surface area (Å²) < 4.78 is 0. The van der Waals surface area contributed by atoms with Gasteiger partial charge in [-0.15, -0.1) is 0 Å². The second-order valence-corrected chi connectivity index (χ2v) is 16.5. The molecule has 0 radical (unpaired) electrons. The monoisotopic (exact) mass is 765 g/mol. The highest BCUT2D eigenvalue weighted by Crippen LogP contribution is 2.52. The highest BCUT2D eigenvalue weighted by Gasteiger charge is 2.36. The van der Waals surface area contributed by atoms with Crippen molar-refractivity contribution in [3.63, 3.8) is 0 Å². The van der Waals surface area contributed by atoms with Crippen LogP contribution in [0.3, 0.4) is 0 Å². The van der Waals surface area contributed by atoms with E-state index in [2.05, 4.69) is 243 Å². The minimum Gasteiger partial charge on any atom is -0.310 e. The molecule has 1 aliphatic rings. The zero-order valence-corrected chi connectivity index (χ0v) is 33.8. The lowest BCUT2D eigenvalue weighted by molar-refractivity contribution is 0.660. The number of hydrogen-bond acceptors (Lipinski definition) is 1. The van der Waals surface area contributed by atoms with Gasteiger partial charge < -0.3 is 4.90 Å².